The van der Waals surface area contributed by atoms with Gasteiger partial charge < -0.3 is 10.2 Å². The van der Waals surface area contributed by atoms with Gasteiger partial charge in [-0.2, -0.15) is 0 Å². The lowest BCUT2D eigenvalue weighted by Gasteiger charge is -2.31. The first-order valence-electron chi connectivity index (χ1n) is 11.7. The minimum Gasteiger partial charge on any atom is -0.352 e. The molecular formula is C27H36N2O2S. The second-order valence-corrected chi connectivity index (χ2v) is 9.99. The summed E-state index contributed by atoms with van der Waals surface area (Å²) < 4.78 is 0. The van der Waals surface area contributed by atoms with Crippen molar-refractivity contribution in [3.8, 4) is 0 Å². The van der Waals surface area contributed by atoms with Gasteiger partial charge >= 0.3 is 0 Å². The molecule has 0 aromatic heterocycles. The van der Waals surface area contributed by atoms with Gasteiger partial charge in [0.25, 0.3) is 0 Å². The van der Waals surface area contributed by atoms with Crippen LogP contribution in [0, 0.1) is 13.8 Å². The van der Waals surface area contributed by atoms with Gasteiger partial charge in [0.05, 0.1) is 5.75 Å². The molecule has 1 aliphatic rings. The highest BCUT2D eigenvalue weighted by Crippen LogP contribution is 2.19. The van der Waals surface area contributed by atoms with Crippen LogP contribution in [0.5, 0.6) is 0 Å². The average Bonchev–Trinajstić information content (AvgIpc) is 2.80. The third-order valence-electron chi connectivity index (χ3n) is 6.21. The Morgan fingerprint density at radius 2 is 1.50 bits per heavy atom. The zero-order valence-corrected chi connectivity index (χ0v) is 20.4. The summed E-state index contributed by atoms with van der Waals surface area (Å²) in [6, 6.07) is 16.3. The zero-order chi connectivity index (χ0) is 22.9. The van der Waals surface area contributed by atoms with Gasteiger partial charge in [0.15, 0.2) is 0 Å². The van der Waals surface area contributed by atoms with Crippen molar-refractivity contribution < 1.29 is 9.59 Å². The molecule has 1 aliphatic carbocycles. The molecule has 4 nitrogen and oxygen atoms in total. The first-order chi connectivity index (χ1) is 15.4. The summed E-state index contributed by atoms with van der Waals surface area (Å²) in [6.07, 6.45) is 5.66. The van der Waals surface area contributed by atoms with Gasteiger partial charge in [-0.05, 0) is 44.7 Å². The first kappa shape index (κ1) is 24.4. The molecule has 0 radical (unpaired) electrons. The Labute approximate surface area is 197 Å². The molecule has 0 saturated heterocycles. The van der Waals surface area contributed by atoms with Gasteiger partial charge in [-0.25, -0.2) is 0 Å². The molecule has 1 fully saturated rings. The van der Waals surface area contributed by atoms with Crippen LogP contribution in [0.25, 0.3) is 0 Å². The largest absolute Gasteiger partial charge is 0.352 e. The molecule has 2 amide bonds. The molecule has 172 valence electrons. The van der Waals surface area contributed by atoms with E-state index in [0.29, 0.717) is 12.3 Å². The Kier molecular flexibility index (Phi) is 9.22. The average molecular weight is 453 g/mol. The molecule has 0 bridgehead atoms. The summed E-state index contributed by atoms with van der Waals surface area (Å²) in [4.78, 5) is 28.0. The number of amides is 2. The van der Waals surface area contributed by atoms with Crippen LogP contribution in [0.1, 0.15) is 61.3 Å². The number of hydrogen-bond donors (Lipinski definition) is 1. The topological polar surface area (TPSA) is 49.4 Å². The summed E-state index contributed by atoms with van der Waals surface area (Å²) in [5.74, 6) is 1.11. The fraction of sp³-hybridized carbons (Fsp3) is 0.481. The van der Waals surface area contributed by atoms with Crippen molar-refractivity contribution in [2.75, 3.05) is 5.75 Å². The van der Waals surface area contributed by atoms with E-state index in [2.05, 4.69) is 55.6 Å². The van der Waals surface area contributed by atoms with E-state index in [1.807, 2.05) is 19.1 Å². The van der Waals surface area contributed by atoms with Crippen LogP contribution < -0.4 is 5.32 Å². The summed E-state index contributed by atoms with van der Waals surface area (Å²) in [6.45, 7) is 6.43. The van der Waals surface area contributed by atoms with Crippen molar-refractivity contribution in [2.24, 2.45) is 0 Å². The number of carbonyl (C=O) groups excluding carboxylic acids is 2. The Morgan fingerprint density at radius 1 is 0.938 bits per heavy atom. The third-order valence-corrected chi connectivity index (χ3v) is 7.20. The van der Waals surface area contributed by atoms with Gasteiger partial charge in [-0.1, -0.05) is 78.9 Å². The molecular weight excluding hydrogens is 416 g/mol. The molecule has 1 unspecified atom stereocenters. The minimum atomic E-state index is -0.495. The Morgan fingerprint density at radius 3 is 2.09 bits per heavy atom. The number of nitrogens with zero attached hydrogens (tertiary/aromatic N) is 1. The molecule has 1 N–H and O–H groups in total. The van der Waals surface area contributed by atoms with E-state index in [9.17, 15) is 9.59 Å². The van der Waals surface area contributed by atoms with Crippen molar-refractivity contribution in [3.05, 3.63) is 70.8 Å². The number of thioether (sulfide) groups is 1. The van der Waals surface area contributed by atoms with Crippen LogP contribution >= 0.6 is 11.8 Å². The van der Waals surface area contributed by atoms with E-state index in [-0.39, 0.29) is 17.9 Å². The van der Waals surface area contributed by atoms with Crippen LogP contribution in [0.2, 0.25) is 0 Å². The highest BCUT2D eigenvalue weighted by atomic mass is 32.2. The first-order valence-corrected chi connectivity index (χ1v) is 12.9. The molecule has 0 aliphatic heterocycles. The van der Waals surface area contributed by atoms with Crippen LogP contribution in [0.3, 0.4) is 0 Å². The highest BCUT2D eigenvalue weighted by Gasteiger charge is 2.28. The maximum Gasteiger partial charge on any atom is 0.242 e. The highest BCUT2D eigenvalue weighted by molar-refractivity contribution is 7.99. The Bertz CT molecular complexity index is 874. The van der Waals surface area contributed by atoms with Crippen molar-refractivity contribution in [2.45, 2.75) is 77.3 Å². The summed E-state index contributed by atoms with van der Waals surface area (Å²) in [5.41, 5.74) is 4.67. The number of hydrogen-bond acceptors (Lipinski definition) is 3. The normalized spacial score (nSPS) is 15.2. The lowest BCUT2D eigenvalue weighted by molar-refractivity contribution is -0.139. The predicted molar refractivity (Wildman–Crippen MR) is 134 cm³/mol. The van der Waals surface area contributed by atoms with Crippen LogP contribution in [0.4, 0.5) is 0 Å². The number of nitrogens with one attached hydrogen (secondary N) is 1. The molecule has 2 aromatic rings. The molecule has 0 heterocycles. The van der Waals surface area contributed by atoms with Gasteiger partial charge in [0, 0.05) is 18.3 Å². The van der Waals surface area contributed by atoms with Gasteiger partial charge in [0.1, 0.15) is 6.04 Å². The second kappa shape index (κ2) is 12.1. The van der Waals surface area contributed by atoms with Gasteiger partial charge in [-0.3, -0.25) is 9.59 Å². The maximum atomic E-state index is 13.2. The standard InChI is InChI=1S/C27H36N2O2S/c1-20-9-13-23(14-10-20)17-29(22(3)27(31)28-25-7-5-4-6-8-25)26(30)19-32-18-24-15-11-21(2)12-16-24/h9-16,22,25H,4-8,17-19H2,1-3H3,(H,28,31). The molecule has 32 heavy (non-hydrogen) atoms. The fourth-order valence-corrected chi connectivity index (χ4v) is 4.94. The van der Waals surface area contributed by atoms with E-state index in [1.54, 1.807) is 16.7 Å². The van der Waals surface area contributed by atoms with Crippen LogP contribution in [-0.2, 0) is 21.9 Å². The quantitative estimate of drug-likeness (QED) is 0.554. The van der Waals surface area contributed by atoms with Crippen molar-refractivity contribution in [1.29, 1.82) is 0 Å². The summed E-state index contributed by atoms with van der Waals surface area (Å²) >= 11 is 1.60. The monoisotopic (exact) mass is 452 g/mol. The number of benzene rings is 2. The number of aryl methyl sites for hydroxylation is 2. The minimum absolute atomic E-state index is 0.00832. The van der Waals surface area contributed by atoms with Gasteiger partial charge in [-0.15, -0.1) is 11.8 Å². The number of carbonyl (C=O) groups is 2. The van der Waals surface area contributed by atoms with E-state index < -0.39 is 6.04 Å². The molecule has 1 atom stereocenters. The Balaban J connectivity index is 1.64. The van der Waals surface area contributed by atoms with Crippen molar-refractivity contribution >= 4 is 23.6 Å². The second-order valence-electron chi connectivity index (χ2n) is 9.01. The van der Waals surface area contributed by atoms with E-state index in [0.717, 1.165) is 24.2 Å². The third kappa shape index (κ3) is 7.40. The maximum absolute atomic E-state index is 13.2. The zero-order valence-electron chi connectivity index (χ0n) is 19.6. The summed E-state index contributed by atoms with van der Waals surface area (Å²) in [5, 5.41) is 3.20. The molecule has 5 heteroatoms. The Hall–Kier alpha value is -2.27. The van der Waals surface area contributed by atoms with Crippen LogP contribution in [0.15, 0.2) is 48.5 Å². The smallest absolute Gasteiger partial charge is 0.242 e. The number of rotatable bonds is 9. The van der Waals surface area contributed by atoms with E-state index in [4.69, 9.17) is 0 Å². The lowest BCUT2D eigenvalue weighted by Crippen LogP contribution is -2.50. The van der Waals surface area contributed by atoms with Gasteiger partial charge in [0.2, 0.25) is 11.8 Å². The van der Waals surface area contributed by atoms with Crippen molar-refractivity contribution in [1.82, 2.24) is 10.2 Å². The SMILES string of the molecule is Cc1ccc(CSCC(=O)N(Cc2ccc(C)cc2)C(C)C(=O)NC2CCCCC2)cc1. The molecule has 3 rings (SSSR count). The molecule has 1 saturated carbocycles. The van der Waals surface area contributed by atoms with Crippen molar-refractivity contribution in [3.63, 3.8) is 0 Å². The molecule has 2 aromatic carbocycles. The fourth-order valence-electron chi connectivity index (χ4n) is 4.06. The predicted octanol–water partition coefficient (Wildman–Crippen LogP) is 5.40. The molecule has 0 spiro atoms. The summed E-state index contributed by atoms with van der Waals surface area (Å²) in [7, 11) is 0. The van der Waals surface area contributed by atoms with E-state index >= 15 is 0 Å². The van der Waals surface area contributed by atoms with Crippen LogP contribution in [-0.4, -0.2) is 34.6 Å². The van der Waals surface area contributed by atoms with E-state index in [1.165, 1.54) is 36.0 Å². The lowest BCUT2D eigenvalue weighted by atomic mass is 9.95.